The van der Waals surface area contributed by atoms with E-state index in [1.165, 1.54) is 19.3 Å². The van der Waals surface area contributed by atoms with Crippen molar-refractivity contribution in [1.82, 2.24) is 0 Å². The molecule has 0 fully saturated rings. The predicted octanol–water partition coefficient (Wildman–Crippen LogP) is 2.90. The zero-order chi connectivity index (χ0) is 23.5. The molecule has 0 bridgehead atoms. The van der Waals surface area contributed by atoms with E-state index in [0.717, 1.165) is 0 Å². The number of carbonyl (C=O) groups is 3. The van der Waals surface area contributed by atoms with Crippen LogP contribution < -0.4 is 15.2 Å². The number of ketones is 1. The number of hydrogen-bond acceptors (Lipinski definition) is 7. The second-order valence-corrected chi connectivity index (χ2v) is 6.59. The van der Waals surface area contributed by atoms with Gasteiger partial charge in [0.25, 0.3) is 0 Å². The topological polar surface area (TPSA) is 125 Å². The first-order chi connectivity index (χ1) is 15.4. The summed E-state index contributed by atoms with van der Waals surface area (Å²) in [5.41, 5.74) is 6.98. The van der Waals surface area contributed by atoms with Crippen LogP contribution in [0.2, 0.25) is 0 Å². The molecule has 0 spiro atoms. The lowest BCUT2D eigenvalue weighted by atomic mass is 10.00. The van der Waals surface area contributed by atoms with Crippen molar-refractivity contribution in [3.63, 3.8) is 0 Å². The highest BCUT2D eigenvalue weighted by Gasteiger charge is 2.19. The zero-order valence-corrected chi connectivity index (χ0v) is 17.7. The standard InChI is InChI=1S/C24H25NO7/c1-3-5-18-12-16(13-20(24(29)30-2)23(18)32-15-22(27)28)8-9-21(26)17-6-4-7-19(14-17)31-11-10-25/h3-4,6-9,12-14H,1,5,10-11,15,25H2,2H3,(H,27,28)/b9-8+. The molecule has 0 saturated carbocycles. The number of benzene rings is 2. The summed E-state index contributed by atoms with van der Waals surface area (Å²) in [6.07, 6.45) is 4.83. The zero-order valence-electron chi connectivity index (χ0n) is 17.7. The van der Waals surface area contributed by atoms with Crippen LogP contribution in [0.1, 0.15) is 31.8 Å². The van der Waals surface area contributed by atoms with Gasteiger partial charge in [0.1, 0.15) is 23.7 Å². The first-order valence-electron chi connectivity index (χ1n) is 9.75. The summed E-state index contributed by atoms with van der Waals surface area (Å²) in [6, 6.07) is 9.88. The number of esters is 1. The number of allylic oxidation sites excluding steroid dienone is 2. The number of methoxy groups -OCH3 is 1. The van der Waals surface area contributed by atoms with Crippen LogP contribution in [0, 0.1) is 0 Å². The molecular weight excluding hydrogens is 414 g/mol. The molecule has 0 aliphatic rings. The van der Waals surface area contributed by atoms with Crippen LogP contribution in [0.25, 0.3) is 6.08 Å². The van der Waals surface area contributed by atoms with E-state index in [1.807, 2.05) is 0 Å². The molecule has 2 aromatic rings. The van der Waals surface area contributed by atoms with Crippen LogP contribution in [0.4, 0.5) is 0 Å². The van der Waals surface area contributed by atoms with Gasteiger partial charge in [-0.1, -0.05) is 24.3 Å². The molecule has 0 aliphatic heterocycles. The number of hydrogen-bond donors (Lipinski definition) is 2. The summed E-state index contributed by atoms with van der Waals surface area (Å²) in [5, 5.41) is 8.93. The Morgan fingerprint density at radius 3 is 2.59 bits per heavy atom. The van der Waals surface area contributed by atoms with Gasteiger partial charge < -0.3 is 25.1 Å². The molecule has 0 amide bonds. The molecule has 3 N–H and O–H groups in total. The third kappa shape index (κ3) is 6.82. The van der Waals surface area contributed by atoms with E-state index in [4.69, 9.17) is 25.1 Å². The number of ether oxygens (including phenoxy) is 3. The molecule has 8 heteroatoms. The molecule has 8 nitrogen and oxygen atoms in total. The SMILES string of the molecule is C=CCc1cc(/C=C/C(=O)c2cccc(OCCN)c2)cc(C(=O)OC)c1OCC(=O)O. The maximum absolute atomic E-state index is 12.6. The number of carbonyl (C=O) groups excluding carboxylic acids is 2. The summed E-state index contributed by atoms with van der Waals surface area (Å²) in [4.78, 5) is 35.8. The average molecular weight is 439 g/mol. The summed E-state index contributed by atoms with van der Waals surface area (Å²) in [5.74, 6) is -1.50. The Labute approximate surface area is 185 Å². The van der Waals surface area contributed by atoms with E-state index in [1.54, 1.807) is 42.5 Å². The van der Waals surface area contributed by atoms with Crippen molar-refractivity contribution in [2.24, 2.45) is 5.73 Å². The van der Waals surface area contributed by atoms with E-state index < -0.39 is 18.5 Å². The minimum Gasteiger partial charge on any atom is -0.492 e. The highest BCUT2D eigenvalue weighted by atomic mass is 16.5. The van der Waals surface area contributed by atoms with Gasteiger partial charge in [-0.2, -0.15) is 0 Å². The highest BCUT2D eigenvalue weighted by molar-refractivity contribution is 6.07. The van der Waals surface area contributed by atoms with Crippen molar-refractivity contribution in [2.75, 3.05) is 26.9 Å². The quantitative estimate of drug-likeness (QED) is 0.224. The van der Waals surface area contributed by atoms with Gasteiger partial charge in [-0.3, -0.25) is 4.79 Å². The van der Waals surface area contributed by atoms with E-state index in [9.17, 15) is 14.4 Å². The number of carboxylic acid groups (broad SMARTS) is 1. The monoisotopic (exact) mass is 439 g/mol. The molecule has 0 aromatic heterocycles. The van der Waals surface area contributed by atoms with Gasteiger partial charge >= 0.3 is 11.9 Å². The van der Waals surface area contributed by atoms with Gasteiger partial charge in [0.15, 0.2) is 12.4 Å². The van der Waals surface area contributed by atoms with Crippen LogP contribution in [-0.2, 0) is 16.0 Å². The average Bonchev–Trinajstić information content (AvgIpc) is 2.79. The maximum Gasteiger partial charge on any atom is 0.341 e. The first kappa shape index (κ1) is 24.4. The Morgan fingerprint density at radius 1 is 1.16 bits per heavy atom. The minimum atomic E-state index is -1.18. The molecule has 0 heterocycles. The molecule has 168 valence electrons. The molecule has 0 aliphatic carbocycles. The van der Waals surface area contributed by atoms with Crippen molar-refractivity contribution < 1.29 is 33.7 Å². The fourth-order valence-electron chi connectivity index (χ4n) is 2.87. The largest absolute Gasteiger partial charge is 0.492 e. The normalized spacial score (nSPS) is 10.6. The van der Waals surface area contributed by atoms with Crippen LogP contribution in [-0.4, -0.2) is 49.7 Å². The van der Waals surface area contributed by atoms with Crippen molar-refractivity contribution >= 4 is 23.8 Å². The fraction of sp³-hybridized carbons (Fsp3) is 0.208. The molecule has 0 unspecified atom stereocenters. The smallest absolute Gasteiger partial charge is 0.341 e. The Hall–Kier alpha value is -3.91. The van der Waals surface area contributed by atoms with Crippen LogP contribution in [0.15, 0.2) is 55.1 Å². The molecule has 2 rings (SSSR count). The fourth-order valence-corrected chi connectivity index (χ4v) is 2.87. The summed E-state index contributed by atoms with van der Waals surface area (Å²) >= 11 is 0. The van der Waals surface area contributed by atoms with E-state index in [-0.39, 0.29) is 17.1 Å². The van der Waals surface area contributed by atoms with Gasteiger partial charge in [0.2, 0.25) is 0 Å². The number of aliphatic carboxylic acids is 1. The summed E-state index contributed by atoms with van der Waals surface area (Å²) < 4.78 is 15.6. The molecule has 0 atom stereocenters. The highest BCUT2D eigenvalue weighted by Crippen LogP contribution is 2.29. The van der Waals surface area contributed by atoms with E-state index >= 15 is 0 Å². The van der Waals surface area contributed by atoms with Crippen molar-refractivity contribution in [1.29, 1.82) is 0 Å². The van der Waals surface area contributed by atoms with E-state index in [2.05, 4.69) is 6.58 Å². The van der Waals surface area contributed by atoms with Gasteiger partial charge in [-0.05, 0) is 47.9 Å². The number of nitrogens with two attached hydrogens (primary N) is 1. The Morgan fingerprint density at radius 2 is 1.94 bits per heavy atom. The molecule has 0 saturated heterocycles. The van der Waals surface area contributed by atoms with Crippen LogP contribution in [0.3, 0.4) is 0 Å². The second kappa shape index (κ2) is 12.1. The summed E-state index contributed by atoms with van der Waals surface area (Å²) in [7, 11) is 1.21. The van der Waals surface area contributed by atoms with Crippen molar-refractivity contribution in [3.05, 3.63) is 77.4 Å². The molecular formula is C24H25NO7. The number of rotatable bonds is 12. The first-order valence-corrected chi connectivity index (χ1v) is 9.75. The maximum atomic E-state index is 12.6. The summed E-state index contributed by atoms with van der Waals surface area (Å²) in [6.45, 7) is 3.76. The third-order valence-corrected chi connectivity index (χ3v) is 4.23. The van der Waals surface area contributed by atoms with Gasteiger partial charge in [0, 0.05) is 12.1 Å². The minimum absolute atomic E-state index is 0.0531. The molecule has 32 heavy (non-hydrogen) atoms. The van der Waals surface area contributed by atoms with Gasteiger partial charge in [-0.15, -0.1) is 6.58 Å². The predicted molar refractivity (Wildman–Crippen MR) is 119 cm³/mol. The lowest BCUT2D eigenvalue weighted by molar-refractivity contribution is -0.139. The van der Waals surface area contributed by atoms with Crippen molar-refractivity contribution in [2.45, 2.75) is 6.42 Å². The third-order valence-electron chi connectivity index (χ3n) is 4.23. The molecule has 2 aromatic carbocycles. The van der Waals surface area contributed by atoms with Gasteiger partial charge in [-0.25, -0.2) is 9.59 Å². The van der Waals surface area contributed by atoms with Crippen LogP contribution in [0.5, 0.6) is 11.5 Å². The molecule has 0 radical (unpaired) electrons. The van der Waals surface area contributed by atoms with Gasteiger partial charge in [0.05, 0.1) is 7.11 Å². The van der Waals surface area contributed by atoms with Crippen LogP contribution >= 0.6 is 0 Å². The Kier molecular flexibility index (Phi) is 9.19. The van der Waals surface area contributed by atoms with E-state index in [0.29, 0.717) is 42.0 Å². The Bertz CT molecular complexity index is 1030. The Balaban J connectivity index is 2.37. The second-order valence-electron chi connectivity index (χ2n) is 6.59. The lowest BCUT2D eigenvalue weighted by Gasteiger charge is -2.14. The van der Waals surface area contributed by atoms with Crippen molar-refractivity contribution in [3.8, 4) is 11.5 Å². The lowest BCUT2D eigenvalue weighted by Crippen LogP contribution is -2.14. The number of carboxylic acids is 1.